The van der Waals surface area contributed by atoms with E-state index in [4.69, 9.17) is 0 Å². The van der Waals surface area contributed by atoms with Crippen molar-refractivity contribution < 1.29 is 8.78 Å². The molecule has 0 aliphatic rings. The fraction of sp³-hybridized carbons (Fsp3) is 0. The summed E-state index contributed by atoms with van der Waals surface area (Å²) in [5, 5.41) is 0. The molecule has 84 valence electrons. The zero-order valence-electron chi connectivity index (χ0n) is 7.87. The zero-order chi connectivity index (χ0) is 12.0. The van der Waals surface area contributed by atoms with Gasteiger partial charge in [0.05, 0.1) is 6.20 Å². The summed E-state index contributed by atoms with van der Waals surface area (Å²) in [6, 6.07) is 5.91. The van der Waals surface area contributed by atoms with E-state index in [1.807, 2.05) is 0 Å². The van der Waals surface area contributed by atoms with Crippen molar-refractivity contribution in [1.82, 2.24) is 9.97 Å². The molecule has 0 amide bonds. The maximum atomic E-state index is 12.1. The highest BCUT2D eigenvalue weighted by molar-refractivity contribution is 9.10. The Hall–Kier alpha value is -0.880. The van der Waals surface area contributed by atoms with Crippen LogP contribution in [-0.2, 0) is 0 Å². The van der Waals surface area contributed by atoms with Crippen LogP contribution in [0.15, 0.2) is 45.7 Å². The number of hydrogen-bond acceptors (Lipinski definition) is 2. The van der Waals surface area contributed by atoms with Crippen LogP contribution in [-0.4, -0.2) is 9.97 Å². The summed E-state index contributed by atoms with van der Waals surface area (Å²) < 4.78 is 25.3. The highest BCUT2D eigenvalue weighted by atomic mass is 79.9. The van der Waals surface area contributed by atoms with Gasteiger partial charge in [-0.05, 0) is 50.1 Å². The highest BCUT2D eigenvalue weighted by Crippen LogP contribution is 2.07. The van der Waals surface area contributed by atoms with E-state index in [9.17, 15) is 8.78 Å². The zero-order valence-corrected chi connectivity index (χ0v) is 11.0. The second-order valence-corrected chi connectivity index (χ2v) is 4.33. The second kappa shape index (κ2) is 6.65. The molecule has 0 atom stereocenters. The Balaban J connectivity index is 0.000000160. The Labute approximate surface area is 108 Å². The molecule has 2 aromatic rings. The van der Waals surface area contributed by atoms with E-state index in [1.165, 1.54) is 18.3 Å². The van der Waals surface area contributed by atoms with Crippen molar-refractivity contribution in [2.45, 2.75) is 0 Å². The number of hydrogen-bond donors (Lipinski definition) is 0. The van der Waals surface area contributed by atoms with Gasteiger partial charge in [-0.15, -0.1) is 0 Å². The number of halogens is 4. The molecule has 0 fully saturated rings. The van der Waals surface area contributed by atoms with Gasteiger partial charge in [0.15, 0.2) is 0 Å². The summed E-state index contributed by atoms with van der Waals surface area (Å²) in [5.41, 5.74) is 0. The first-order valence-electron chi connectivity index (χ1n) is 4.12. The van der Waals surface area contributed by atoms with E-state index in [1.54, 1.807) is 12.1 Å². The fourth-order valence-electron chi connectivity index (χ4n) is 0.769. The Bertz CT molecular complexity index is 388. The lowest BCUT2D eigenvalue weighted by Gasteiger charge is -1.85. The van der Waals surface area contributed by atoms with E-state index in [0.29, 0.717) is 9.08 Å². The first kappa shape index (κ1) is 13.2. The quantitative estimate of drug-likeness (QED) is 0.672. The minimum atomic E-state index is -0.459. The van der Waals surface area contributed by atoms with E-state index >= 15 is 0 Å². The van der Waals surface area contributed by atoms with Gasteiger partial charge >= 0.3 is 0 Å². The molecular weight excluding hydrogens is 344 g/mol. The topological polar surface area (TPSA) is 25.8 Å². The maximum Gasteiger partial charge on any atom is 0.213 e. The van der Waals surface area contributed by atoms with Gasteiger partial charge < -0.3 is 0 Å². The molecule has 2 rings (SSSR count). The van der Waals surface area contributed by atoms with Gasteiger partial charge in [-0.25, -0.2) is 9.37 Å². The lowest BCUT2D eigenvalue weighted by atomic mass is 10.5. The lowest BCUT2D eigenvalue weighted by Crippen LogP contribution is -1.78. The summed E-state index contributed by atoms with van der Waals surface area (Å²) >= 11 is 6.07. The van der Waals surface area contributed by atoms with Crippen LogP contribution in [0, 0.1) is 11.8 Å². The van der Waals surface area contributed by atoms with Gasteiger partial charge in [-0.3, -0.25) is 4.98 Å². The van der Waals surface area contributed by atoms with Crippen LogP contribution in [0.1, 0.15) is 0 Å². The molecule has 0 saturated carbocycles. The molecule has 6 heteroatoms. The normalized spacial score (nSPS) is 9.25. The average molecular weight is 350 g/mol. The van der Waals surface area contributed by atoms with Crippen LogP contribution in [0.3, 0.4) is 0 Å². The van der Waals surface area contributed by atoms with Crippen molar-refractivity contribution in [3.8, 4) is 0 Å². The Morgan fingerprint density at radius 2 is 1.81 bits per heavy atom. The van der Waals surface area contributed by atoms with Crippen molar-refractivity contribution in [3.05, 3.63) is 57.5 Å². The van der Waals surface area contributed by atoms with Gasteiger partial charge in [0.25, 0.3) is 0 Å². The molecule has 0 radical (unpaired) electrons. The summed E-state index contributed by atoms with van der Waals surface area (Å²) in [6.45, 7) is 0. The minimum Gasteiger partial charge on any atom is -0.260 e. The van der Waals surface area contributed by atoms with Crippen molar-refractivity contribution >= 4 is 31.9 Å². The van der Waals surface area contributed by atoms with Crippen LogP contribution in [0.4, 0.5) is 8.78 Å². The molecular formula is C10H6Br2F2N2. The molecule has 2 aromatic heterocycles. The molecule has 0 unspecified atom stereocenters. The Kier molecular flexibility index (Phi) is 5.48. The van der Waals surface area contributed by atoms with Gasteiger partial charge in [0.2, 0.25) is 5.95 Å². The third kappa shape index (κ3) is 5.27. The molecule has 0 aliphatic heterocycles. The molecule has 0 spiro atoms. The molecule has 0 N–H and O–H groups in total. The summed E-state index contributed by atoms with van der Waals surface area (Å²) in [5.74, 6) is -0.779. The van der Waals surface area contributed by atoms with Crippen molar-refractivity contribution in [1.29, 1.82) is 0 Å². The van der Waals surface area contributed by atoms with Crippen LogP contribution in [0.25, 0.3) is 0 Å². The van der Waals surface area contributed by atoms with Gasteiger partial charge in [0, 0.05) is 10.7 Å². The SMILES string of the molecule is [18F]c1cccc(Br)n1.[18F]c1cncc(Br)c1. The molecule has 0 aromatic carbocycles. The number of nitrogens with zero attached hydrogens (tertiary/aromatic N) is 2. The predicted octanol–water partition coefficient (Wildman–Crippen LogP) is 3.97. The van der Waals surface area contributed by atoms with Crippen molar-refractivity contribution in [3.63, 3.8) is 0 Å². The number of pyridine rings is 2. The van der Waals surface area contributed by atoms with Crippen LogP contribution in [0.5, 0.6) is 0 Å². The molecule has 0 bridgehead atoms. The average Bonchev–Trinajstić information content (AvgIpc) is 2.17. The van der Waals surface area contributed by atoms with Crippen molar-refractivity contribution in [2.75, 3.05) is 0 Å². The second-order valence-electron chi connectivity index (χ2n) is 2.60. The van der Waals surface area contributed by atoms with Crippen LogP contribution in [0.2, 0.25) is 0 Å². The molecule has 0 saturated heterocycles. The van der Waals surface area contributed by atoms with E-state index in [-0.39, 0.29) is 5.82 Å². The number of aromatic nitrogens is 2. The monoisotopic (exact) mass is 348 g/mol. The maximum absolute atomic E-state index is 12.1. The first-order valence-corrected chi connectivity index (χ1v) is 5.70. The van der Waals surface area contributed by atoms with Crippen LogP contribution >= 0.6 is 31.9 Å². The summed E-state index contributed by atoms with van der Waals surface area (Å²) in [4.78, 5) is 6.99. The van der Waals surface area contributed by atoms with E-state index < -0.39 is 5.95 Å². The molecule has 2 nitrogen and oxygen atoms in total. The van der Waals surface area contributed by atoms with Crippen LogP contribution < -0.4 is 0 Å². The van der Waals surface area contributed by atoms with Gasteiger partial charge in [-0.2, -0.15) is 4.39 Å². The lowest BCUT2D eigenvalue weighted by molar-refractivity contribution is 0.581. The summed E-state index contributed by atoms with van der Waals surface area (Å²) in [7, 11) is 0. The largest absolute Gasteiger partial charge is 0.260 e. The van der Waals surface area contributed by atoms with E-state index in [2.05, 4.69) is 41.8 Å². The fourth-order valence-corrected chi connectivity index (χ4v) is 1.43. The van der Waals surface area contributed by atoms with Crippen molar-refractivity contribution in [2.24, 2.45) is 0 Å². The Morgan fingerprint density at radius 3 is 2.19 bits per heavy atom. The standard InChI is InChI=1S/2C5H3BrFN/c6-4-1-5(7)3-8-2-4;6-4-2-1-3-5(7)8-4/h2*1-3H/i2*7-1. The third-order valence-corrected chi connectivity index (χ3v) is 2.23. The van der Waals surface area contributed by atoms with Gasteiger partial charge in [0.1, 0.15) is 10.4 Å². The van der Waals surface area contributed by atoms with E-state index in [0.717, 1.165) is 6.20 Å². The van der Waals surface area contributed by atoms with Gasteiger partial charge in [-0.1, -0.05) is 6.07 Å². The number of rotatable bonds is 0. The molecule has 2 heterocycles. The smallest absolute Gasteiger partial charge is 0.213 e. The summed E-state index contributed by atoms with van der Waals surface area (Å²) in [6.07, 6.45) is 2.69. The predicted molar refractivity (Wildman–Crippen MR) is 63.8 cm³/mol. The molecule has 0 aliphatic carbocycles. The molecule has 16 heavy (non-hydrogen) atoms. The third-order valence-electron chi connectivity index (χ3n) is 1.35. The first-order chi connectivity index (χ1) is 7.58. The highest BCUT2D eigenvalue weighted by Gasteiger charge is 1.88. The minimum absolute atomic E-state index is 0.320. The Morgan fingerprint density at radius 1 is 1.06 bits per heavy atom.